The van der Waals surface area contributed by atoms with Gasteiger partial charge in [-0.2, -0.15) is 0 Å². The van der Waals surface area contributed by atoms with E-state index in [1.165, 1.54) is 37.5 Å². The van der Waals surface area contributed by atoms with Gasteiger partial charge in [0.05, 0.1) is 19.8 Å². The van der Waals surface area contributed by atoms with Gasteiger partial charge >= 0.3 is 17.9 Å². The molecule has 1 aromatic rings. The van der Waals surface area contributed by atoms with Crippen LogP contribution in [0.3, 0.4) is 0 Å². The number of unbranched alkanes of at least 4 members (excludes halogenated alkanes) is 1. The molecule has 2 saturated carbocycles. The highest BCUT2D eigenvalue weighted by molar-refractivity contribution is 5.96. The molecule has 1 N–H and O–H groups in total. The Morgan fingerprint density at radius 3 is 2.52 bits per heavy atom. The standard InChI is InChI=1S/C41H50FNO13/c1-6-7-9-37(49)56-41(25(2)20-30-29-14-13-27-22-28(44)17-18-38(27,3)40(29,42)33(45)23-39(30,41)4)34(46)24-53-35(47)16-12-26-11-15-31(32(21-26)52-5)55-36(48)10-8-19-54-43(50)51/h11-13,15-18,21,25,29-30,33,45H,6-10,14,19-20,22-24H2,1-5H3/t25-,29?,30-,33-,38-,39-,40-,41-/m0/s1. The Bertz CT molecular complexity index is 1840. The topological polar surface area (TPSA) is 195 Å². The van der Waals surface area contributed by atoms with Crippen LogP contribution in [0.15, 0.2) is 48.1 Å². The molecule has 0 amide bonds. The van der Waals surface area contributed by atoms with Gasteiger partial charge in [-0.05, 0) is 74.8 Å². The maximum Gasteiger partial charge on any atom is 0.331 e. The van der Waals surface area contributed by atoms with Crippen LogP contribution in [0.2, 0.25) is 0 Å². The molecule has 4 aliphatic rings. The van der Waals surface area contributed by atoms with Crippen LogP contribution in [0.25, 0.3) is 6.08 Å². The zero-order valence-corrected chi connectivity index (χ0v) is 32.4. The average molecular weight is 784 g/mol. The highest BCUT2D eigenvalue weighted by atomic mass is 19.1. The van der Waals surface area contributed by atoms with E-state index in [-0.39, 0.29) is 62.4 Å². The second kappa shape index (κ2) is 16.7. The highest BCUT2D eigenvalue weighted by Gasteiger charge is 2.77. The van der Waals surface area contributed by atoms with Gasteiger partial charge in [0.1, 0.15) is 0 Å². The Kier molecular flexibility index (Phi) is 12.6. The first-order chi connectivity index (χ1) is 26.5. The number of carbonyl (C=O) groups is 5. The third-order valence-electron chi connectivity index (χ3n) is 12.5. The smallest absolute Gasteiger partial charge is 0.331 e. The maximum atomic E-state index is 17.8. The SMILES string of the molecule is CCCCC(=O)O[C@]1(C(=O)COC(=O)C=Cc2ccc(OC(=O)CCCO[N+](=O)[O-])c(OC)c2)[C@@H](C)C[C@H]2C3CC=C4CC(=O)C=C[C@]4(C)[C@@]3(F)[C@@H](O)C[C@@]21C. The lowest BCUT2D eigenvalue weighted by molar-refractivity contribution is -0.757. The largest absolute Gasteiger partial charge is 0.493 e. The number of hydrogen-bond donors (Lipinski definition) is 1. The fourth-order valence-electron chi connectivity index (χ4n) is 9.71. The number of methoxy groups -OCH3 is 1. The minimum Gasteiger partial charge on any atom is -0.493 e. The number of alkyl halides is 1. The third kappa shape index (κ3) is 7.61. The number of fused-ring (bicyclic) bond motifs is 5. The average Bonchev–Trinajstić information content (AvgIpc) is 3.37. The van der Waals surface area contributed by atoms with Crippen molar-refractivity contribution in [3.05, 3.63) is 63.8 Å². The molecule has 0 bridgehead atoms. The molecule has 1 aromatic carbocycles. The van der Waals surface area contributed by atoms with Crippen LogP contribution >= 0.6 is 0 Å². The van der Waals surface area contributed by atoms with Crippen molar-refractivity contribution >= 4 is 35.6 Å². The van der Waals surface area contributed by atoms with Crippen molar-refractivity contribution in [2.45, 2.75) is 103 Å². The lowest BCUT2D eigenvalue weighted by atomic mass is 9.45. The summed E-state index contributed by atoms with van der Waals surface area (Å²) in [5, 5.41) is 21.2. The van der Waals surface area contributed by atoms with E-state index >= 15 is 4.39 Å². The zero-order chi connectivity index (χ0) is 41.1. The Morgan fingerprint density at radius 1 is 1.09 bits per heavy atom. The van der Waals surface area contributed by atoms with Gasteiger partial charge in [0, 0.05) is 48.0 Å². The third-order valence-corrected chi connectivity index (χ3v) is 12.5. The molecule has 14 nitrogen and oxygen atoms in total. The maximum absolute atomic E-state index is 17.8. The van der Waals surface area contributed by atoms with Gasteiger partial charge in [-0.25, -0.2) is 9.18 Å². The quantitative estimate of drug-likeness (QED) is 0.0402. The van der Waals surface area contributed by atoms with Gasteiger partial charge in [0.25, 0.3) is 5.09 Å². The molecule has 0 aliphatic heterocycles. The number of ether oxygens (including phenoxy) is 4. The summed E-state index contributed by atoms with van der Waals surface area (Å²) in [7, 11) is 1.35. The van der Waals surface area contributed by atoms with Crippen LogP contribution in [0, 0.1) is 38.7 Å². The molecule has 0 heterocycles. The number of Topliss-reactive ketones (excluding diaryl/α,β-unsaturated/α-hetero) is 1. The molecular formula is C41H50FNO13. The van der Waals surface area contributed by atoms with Crippen molar-refractivity contribution in [1.82, 2.24) is 0 Å². The summed E-state index contributed by atoms with van der Waals surface area (Å²) in [6, 6.07) is 4.46. The molecule has 304 valence electrons. The van der Waals surface area contributed by atoms with Gasteiger partial charge in [-0.3, -0.25) is 19.2 Å². The second-order valence-electron chi connectivity index (χ2n) is 15.6. The van der Waals surface area contributed by atoms with E-state index in [0.717, 1.165) is 6.08 Å². The lowest BCUT2D eigenvalue weighted by Crippen LogP contribution is -2.69. The Labute approximate surface area is 324 Å². The van der Waals surface area contributed by atoms with Crippen LogP contribution in [-0.2, 0) is 38.3 Å². The predicted octanol–water partition coefficient (Wildman–Crippen LogP) is 5.80. The van der Waals surface area contributed by atoms with Crippen LogP contribution in [-0.4, -0.2) is 77.4 Å². The molecule has 1 unspecified atom stereocenters. The summed E-state index contributed by atoms with van der Waals surface area (Å²) < 4.78 is 40.1. The number of halogens is 1. The number of ketones is 2. The van der Waals surface area contributed by atoms with Crippen molar-refractivity contribution in [3.8, 4) is 11.5 Å². The van der Waals surface area contributed by atoms with E-state index in [1.54, 1.807) is 26.8 Å². The van der Waals surface area contributed by atoms with E-state index in [2.05, 4.69) is 4.84 Å². The zero-order valence-electron chi connectivity index (χ0n) is 32.4. The number of allylic oxidation sites excluding steroid dienone is 4. The summed E-state index contributed by atoms with van der Waals surface area (Å²) >= 11 is 0. The van der Waals surface area contributed by atoms with Crippen molar-refractivity contribution in [1.29, 1.82) is 0 Å². The van der Waals surface area contributed by atoms with Gasteiger partial charge in [-0.1, -0.05) is 51.0 Å². The predicted molar refractivity (Wildman–Crippen MR) is 197 cm³/mol. The Morgan fingerprint density at radius 2 is 1.82 bits per heavy atom. The summed E-state index contributed by atoms with van der Waals surface area (Å²) in [6.07, 6.45) is 7.31. The number of rotatable bonds is 16. The van der Waals surface area contributed by atoms with Crippen LogP contribution in [0.5, 0.6) is 11.5 Å². The van der Waals surface area contributed by atoms with Crippen LogP contribution in [0.4, 0.5) is 4.39 Å². The highest BCUT2D eigenvalue weighted by Crippen LogP contribution is 2.71. The number of aliphatic hydroxyl groups is 1. The van der Waals surface area contributed by atoms with Crippen molar-refractivity contribution in [2.75, 3.05) is 20.3 Å². The van der Waals surface area contributed by atoms with Gasteiger partial charge in [0.2, 0.25) is 5.78 Å². The van der Waals surface area contributed by atoms with Crippen LogP contribution < -0.4 is 9.47 Å². The number of esters is 3. The molecule has 8 atom stereocenters. The van der Waals surface area contributed by atoms with Crippen LogP contribution in [0.1, 0.15) is 91.0 Å². The summed E-state index contributed by atoms with van der Waals surface area (Å²) in [4.78, 5) is 79.8. The second-order valence-corrected chi connectivity index (χ2v) is 15.6. The minimum absolute atomic E-state index is 0.0455. The molecule has 0 spiro atoms. The molecular weight excluding hydrogens is 733 g/mol. The van der Waals surface area contributed by atoms with Crippen molar-refractivity contribution in [3.63, 3.8) is 0 Å². The fourth-order valence-corrected chi connectivity index (χ4v) is 9.71. The molecule has 4 aliphatic carbocycles. The van der Waals surface area contributed by atoms with Gasteiger partial charge in [-0.15, -0.1) is 10.1 Å². The first kappa shape index (κ1) is 42.2. The summed E-state index contributed by atoms with van der Waals surface area (Å²) in [6.45, 7) is 6.13. The van der Waals surface area contributed by atoms with E-state index in [1.807, 2.05) is 13.0 Å². The monoisotopic (exact) mass is 783 g/mol. The number of aliphatic hydroxyl groups excluding tert-OH is 1. The van der Waals surface area contributed by atoms with Gasteiger partial charge in [0.15, 0.2) is 35.2 Å². The van der Waals surface area contributed by atoms with E-state index in [9.17, 15) is 39.2 Å². The molecule has 0 radical (unpaired) electrons. The number of hydrogen-bond acceptors (Lipinski definition) is 13. The van der Waals surface area contributed by atoms with E-state index in [4.69, 9.17) is 18.9 Å². The fraction of sp³-hybridized carbons (Fsp3) is 0.585. The van der Waals surface area contributed by atoms with Crippen molar-refractivity contribution < 1.29 is 62.3 Å². The first-order valence-corrected chi connectivity index (χ1v) is 19.0. The molecule has 0 aromatic heterocycles. The minimum atomic E-state index is -2.15. The molecule has 56 heavy (non-hydrogen) atoms. The molecule has 0 saturated heterocycles. The normalized spacial score (nSPS) is 31.7. The lowest BCUT2D eigenvalue weighted by Gasteiger charge is -2.62. The molecule has 15 heteroatoms. The molecule has 5 rings (SSSR count). The summed E-state index contributed by atoms with van der Waals surface area (Å²) in [5.41, 5.74) is -5.38. The first-order valence-electron chi connectivity index (χ1n) is 19.0. The number of benzene rings is 1. The number of carbonyl (C=O) groups excluding carboxylic acids is 5. The van der Waals surface area contributed by atoms with Gasteiger partial charge < -0.3 is 28.9 Å². The van der Waals surface area contributed by atoms with E-state index < -0.39 is 81.3 Å². The van der Waals surface area contributed by atoms with E-state index in [0.29, 0.717) is 30.4 Å². The summed E-state index contributed by atoms with van der Waals surface area (Å²) in [5.74, 6) is -4.60. The molecule has 2 fully saturated rings. The Hall–Kier alpha value is -4.92. The Balaban J connectivity index is 1.33. The number of nitrogens with zero attached hydrogens (tertiary/aromatic N) is 1. The van der Waals surface area contributed by atoms with Crippen molar-refractivity contribution in [2.24, 2.45) is 28.6 Å².